The van der Waals surface area contributed by atoms with Gasteiger partial charge >= 0.3 is 0 Å². The number of rotatable bonds is 5. The van der Waals surface area contributed by atoms with Gasteiger partial charge < -0.3 is 10.1 Å². The molecule has 1 aromatic carbocycles. The van der Waals surface area contributed by atoms with Gasteiger partial charge in [0.05, 0.1) is 17.5 Å². The van der Waals surface area contributed by atoms with Crippen molar-refractivity contribution in [3.05, 3.63) is 28.0 Å². The van der Waals surface area contributed by atoms with Crippen LogP contribution < -0.4 is 5.32 Å². The molecule has 0 atom stereocenters. The normalized spacial score (nSPS) is 10.4. The van der Waals surface area contributed by atoms with Crippen LogP contribution in [0.25, 0.3) is 0 Å². The standard InChI is InChI=1S/C12H15BrFNO2/c1-3-17-5-4-12(16)15-11-7-9(13)10(14)6-8(11)2/h6-7H,3-5H2,1-2H3,(H,15,16). The van der Waals surface area contributed by atoms with E-state index in [4.69, 9.17) is 4.74 Å². The SMILES string of the molecule is CCOCCC(=O)Nc1cc(Br)c(F)cc1C. The van der Waals surface area contributed by atoms with Crippen LogP contribution in [0.5, 0.6) is 0 Å². The van der Waals surface area contributed by atoms with E-state index in [1.54, 1.807) is 13.0 Å². The van der Waals surface area contributed by atoms with Gasteiger partial charge in [0.25, 0.3) is 0 Å². The predicted molar refractivity (Wildman–Crippen MR) is 68.6 cm³/mol. The molecule has 1 aromatic rings. The molecule has 1 rings (SSSR count). The third-order valence-electron chi connectivity index (χ3n) is 2.22. The van der Waals surface area contributed by atoms with Gasteiger partial charge in [-0.05, 0) is 47.5 Å². The molecular formula is C12H15BrFNO2. The highest BCUT2D eigenvalue weighted by Crippen LogP contribution is 2.24. The van der Waals surface area contributed by atoms with Gasteiger partial charge in [0.2, 0.25) is 5.91 Å². The molecule has 0 bridgehead atoms. The van der Waals surface area contributed by atoms with Crippen LogP contribution in [0.3, 0.4) is 0 Å². The number of carbonyl (C=O) groups excluding carboxylic acids is 1. The lowest BCUT2D eigenvalue weighted by atomic mass is 10.2. The summed E-state index contributed by atoms with van der Waals surface area (Å²) < 4.78 is 18.6. The Bertz CT molecular complexity index is 410. The number of benzene rings is 1. The first-order valence-corrected chi connectivity index (χ1v) is 6.17. The molecule has 0 aromatic heterocycles. The van der Waals surface area contributed by atoms with Gasteiger partial charge in [-0.15, -0.1) is 0 Å². The van der Waals surface area contributed by atoms with Crippen LogP contribution >= 0.6 is 15.9 Å². The molecule has 0 aliphatic carbocycles. The number of aryl methyl sites for hydroxylation is 1. The van der Waals surface area contributed by atoms with Crippen LogP contribution in [0.2, 0.25) is 0 Å². The summed E-state index contributed by atoms with van der Waals surface area (Å²) in [7, 11) is 0. The topological polar surface area (TPSA) is 38.3 Å². The molecule has 0 fully saturated rings. The number of ether oxygens (including phenoxy) is 1. The summed E-state index contributed by atoms with van der Waals surface area (Å²) in [6, 6.07) is 2.94. The van der Waals surface area contributed by atoms with Crippen molar-refractivity contribution in [2.45, 2.75) is 20.3 Å². The summed E-state index contributed by atoms with van der Waals surface area (Å²) in [6.45, 7) is 4.60. The lowest BCUT2D eigenvalue weighted by molar-refractivity contribution is -0.117. The average molecular weight is 304 g/mol. The maximum Gasteiger partial charge on any atom is 0.226 e. The van der Waals surface area contributed by atoms with E-state index in [9.17, 15) is 9.18 Å². The smallest absolute Gasteiger partial charge is 0.226 e. The molecule has 5 heteroatoms. The van der Waals surface area contributed by atoms with Crippen molar-refractivity contribution >= 4 is 27.5 Å². The third-order valence-corrected chi connectivity index (χ3v) is 2.83. The molecule has 0 heterocycles. The molecule has 0 spiro atoms. The van der Waals surface area contributed by atoms with Crippen molar-refractivity contribution in [2.24, 2.45) is 0 Å². The Balaban J connectivity index is 2.62. The number of nitrogens with one attached hydrogen (secondary N) is 1. The van der Waals surface area contributed by atoms with E-state index >= 15 is 0 Å². The zero-order valence-corrected chi connectivity index (χ0v) is 11.4. The Hall–Kier alpha value is -0.940. The molecule has 1 amide bonds. The minimum Gasteiger partial charge on any atom is -0.381 e. The van der Waals surface area contributed by atoms with Gasteiger partial charge in [0, 0.05) is 12.3 Å². The number of amides is 1. The first kappa shape index (κ1) is 14.1. The quantitative estimate of drug-likeness (QED) is 0.848. The summed E-state index contributed by atoms with van der Waals surface area (Å²) in [5, 5.41) is 2.72. The molecule has 1 N–H and O–H groups in total. The molecule has 0 saturated carbocycles. The summed E-state index contributed by atoms with van der Waals surface area (Å²) >= 11 is 3.08. The number of hydrogen-bond donors (Lipinski definition) is 1. The highest BCUT2D eigenvalue weighted by atomic mass is 79.9. The fourth-order valence-electron chi connectivity index (χ4n) is 1.30. The summed E-state index contributed by atoms with van der Waals surface area (Å²) in [5.74, 6) is -0.477. The van der Waals surface area contributed by atoms with Crippen LogP contribution in [0, 0.1) is 12.7 Å². The van der Waals surface area contributed by atoms with Gasteiger partial charge in [-0.2, -0.15) is 0 Å². The van der Waals surface area contributed by atoms with Crippen LogP contribution in [0.4, 0.5) is 10.1 Å². The number of carbonyl (C=O) groups is 1. The monoisotopic (exact) mass is 303 g/mol. The van der Waals surface area contributed by atoms with Gasteiger partial charge in [0.15, 0.2) is 0 Å². The van der Waals surface area contributed by atoms with Gasteiger partial charge in [-0.1, -0.05) is 0 Å². The Kier molecular flexibility index (Phi) is 5.58. The first-order valence-electron chi connectivity index (χ1n) is 5.37. The van der Waals surface area contributed by atoms with E-state index in [0.717, 1.165) is 0 Å². The second kappa shape index (κ2) is 6.71. The third kappa shape index (κ3) is 4.44. The molecule has 17 heavy (non-hydrogen) atoms. The predicted octanol–water partition coefficient (Wildman–Crippen LogP) is 3.26. The molecule has 0 saturated heterocycles. The molecule has 0 aliphatic heterocycles. The van der Waals surface area contributed by atoms with Gasteiger partial charge in [0.1, 0.15) is 5.82 Å². The Morgan fingerprint density at radius 2 is 2.24 bits per heavy atom. The summed E-state index contributed by atoms with van der Waals surface area (Å²) in [5.41, 5.74) is 1.30. The van der Waals surface area contributed by atoms with E-state index in [1.807, 2.05) is 6.92 Å². The van der Waals surface area contributed by atoms with E-state index in [1.165, 1.54) is 6.07 Å². The largest absolute Gasteiger partial charge is 0.381 e. The Morgan fingerprint density at radius 3 is 2.88 bits per heavy atom. The second-order valence-corrected chi connectivity index (χ2v) is 4.43. The van der Waals surface area contributed by atoms with E-state index in [2.05, 4.69) is 21.2 Å². The molecule has 94 valence electrons. The van der Waals surface area contributed by atoms with Crippen molar-refractivity contribution in [3.8, 4) is 0 Å². The minimum atomic E-state index is -0.338. The van der Waals surface area contributed by atoms with Crippen LogP contribution in [-0.4, -0.2) is 19.1 Å². The molecule has 0 aliphatic rings. The van der Waals surface area contributed by atoms with Gasteiger partial charge in [-0.3, -0.25) is 4.79 Å². The van der Waals surface area contributed by atoms with Crippen LogP contribution in [0.15, 0.2) is 16.6 Å². The van der Waals surface area contributed by atoms with E-state index in [-0.39, 0.29) is 11.7 Å². The van der Waals surface area contributed by atoms with Crippen molar-refractivity contribution < 1.29 is 13.9 Å². The highest BCUT2D eigenvalue weighted by Gasteiger charge is 2.08. The fraction of sp³-hybridized carbons (Fsp3) is 0.417. The number of halogens is 2. The van der Waals surface area contributed by atoms with Crippen LogP contribution in [0.1, 0.15) is 18.9 Å². The van der Waals surface area contributed by atoms with Gasteiger partial charge in [-0.25, -0.2) is 4.39 Å². The number of hydrogen-bond acceptors (Lipinski definition) is 2. The molecule has 0 radical (unpaired) electrons. The zero-order valence-electron chi connectivity index (χ0n) is 9.85. The maximum absolute atomic E-state index is 13.2. The maximum atomic E-state index is 13.2. The second-order valence-electron chi connectivity index (χ2n) is 3.58. The summed E-state index contributed by atoms with van der Waals surface area (Å²) in [6.07, 6.45) is 0.294. The first-order chi connectivity index (χ1) is 8.04. The van der Waals surface area contributed by atoms with Crippen molar-refractivity contribution in [1.29, 1.82) is 0 Å². The highest BCUT2D eigenvalue weighted by molar-refractivity contribution is 9.10. The van der Waals surface area contributed by atoms with E-state index in [0.29, 0.717) is 35.4 Å². The number of anilines is 1. The Labute approximate surface area is 108 Å². The molecular weight excluding hydrogens is 289 g/mol. The lowest BCUT2D eigenvalue weighted by Crippen LogP contribution is -2.15. The minimum absolute atomic E-state index is 0.139. The average Bonchev–Trinajstić information content (AvgIpc) is 2.26. The Morgan fingerprint density at radius 1 is 1.53 bits per heavy atom. The van der Waals surface area contributed by atoms with Crippen molar-refractivity contribution in [2.75, 3.05) is 18.5 Å². The van der Waals surface area contributed by atoms with Crippen molar-refractivity contribution in [3.63, 3.8) is 0 Å². The summed E-state index contributed by atoms with van der Waals surface area (Å²) in [4.78, 5) is 11.5. The zero-order chi connectivity index (χ0) is 12.8. The van der Waals surface area contributed by atoms with Crippen LogP contribution in [-0.2, 0) is 9.53 Å². The van der Waals surface area contributed by atoms with Crippen molar-refractivity contribution in [1.82, 2.24) is 0 Å². The molecule has 0 unspecified atom stereocenters. The fourth-order valence-corrected chi connectivity index (χ4v) is 1.65. The lowest BCUT2D eigenvalue weighted by Gasteiger charge is -2.09. The van der Waals surface area contributed by atoms with E-state index < -0.39 is 0 Å². The molecule has 3 nitrogen and oxygen atoms in total.